The van der Waals surface area contributed by atoms with E-state index in [1.54, 1.807) is 6.07 Å². The Bertz CT molecular complexity index is 436. The summed E-state index contributed by atoms with van der Waals surface area (Å²) in [6, 6.07) is 1.62. The molecule has 0 unspecified atom stereocenters. The minimum atomic E-state index is 0.337. The van der Waals surface area contributed by atoms with Crippen LogP contribution in [-0.4, -0.2) is 26.9 Å². The van der Waals surface area contributed by atoms with Gasteiger partial charge in [0.2, 0.25) is 0 Å². The Balaban J connectivity index is 2.13. The predicted octanol–water partition coefficient (Wildman–Crippen LogP) is 0.578. The number of nitrogens with two attached hydrogens (primary N) is 1. The molecule has 0 spiro atoms. The summed E-state index contributed by atoms with van der Waals surface area (Å²) in [6.45, 7) is 2.85. The molecular weight excluding hydrogens is 198 g/mol. The minimum Gasteiger partial charge on any atom is -0.382 e. The van der Waals surface area contributed by atoms with Crippen molar-refractivity contribution in [3.05, 3.63) is 11.9 Å². The number of rotatable bonds is 4. The molecular formula is C8H11N5O2. The van der Waals surface area contributed by atoms with Crippen molar-refractivity contribution < 1.29 is 9.26 Å². The van der Waals surface area contributed by atoms with E-state index in [9.17, 15) is 0 Å². The van der Waals surface area contributed by atoms with Crippen LogP contribution < -0.4 is 5.73 Å². The van der Waals surface area contributed by atoms with E-state index < -0.39 is 0 Å². The van der Waals surface area contributed by atoms with Crippen LogP contribution in [0.15, 0.2) is 10.6 Å². The van der Waals surface area contributed by atoms with Crippen molar-refractivity contribution >= 4 is 5.82 Å². The van der Waals surface area contributed by atoms with Crippen molar-refractivity contribution in [1.29, 1.82) is 0 Å². The van der Waals surface area contributed by atoms with Gasteiger partial charge >= 0.3 is 0 Å². The molecule has 15 heavy (non-hydrogen) atoms. The number of ether oxygens (including phenoxy) is 1. The lowest BCUT2D eigenvalue weighted by Gasteiger charge is -1.91. The van der Waals surface area contributed by atoms with Gasteiger partial charge in [-0.25, -0.2) is 0 Å². The number of hydrogen-bond acceptors (Lipinski definition) is 6. The van der Waals surface area contributed by atoms with E-state index in [0.29, 0.717) is 36.4 Å². The van der Waals surface area contributed by atoms with Gasteiger partial charge in [0, 0.05) is 12.7 Å². The fourth-order valence-electron chi connectivity index (χ4n) is 1.06. The van der Waals surface area contributed by atoms with Crippen LogP contribution in [0, 0.1) is 0 Å². The molecule has 3 N–H and O–H groups in total. The zero-order chi connectivity index (χ0) is 10.7. The molecule has 2 heterocycles. The summed E-state index contributed by atoms with van der Waals surface area (Å²) in [5.74, 6) is 1.24. The molecule has 0 aliphatic carbocycles. The molecule has 0 saturated carbocycles. The summed E-state index contributed by atoms with van der Waals surface area (Å²) in [5.41, 5.74) is 6.05. The van der Waals surface area contributed by atoms with Crippen LogP contribution in [-0.2, 0) is 11.3 Å². The molecule has 0 radical (unpaired) electrons. The quantitative estimate of drug-likeness (QED) is 0.763. The summed E-state index contributed by atoms with van der Waals surface area (Å²) < 4.78 is 10.1. The summed E-state index contributed by atoms with van der Waals surface area (Å²) in [5, 5.41) is 10.2. The van der Waals surface area contributed by atoms with E-state index in [1.165, 1.54) is 0 Å². The van der Waals surface area contributed by atoms with Crippen molar-refractivity contribution in [2.45, 2.75) is 13.5 Å². The molecule has 0 amide bonds. The van der Waals surface area contributed by atoms with Crippen molar-refractivity contribution in [3.63, 3.8) is 0 Å². The maximum atomic E-state index is 5.45. The highest BCUT2D eigenvalue weighted by atomic mass is 16.5. The maximum absolute atomic E-state index is 5.45. The average molecular weight is 209 g/mol. The van der Waals surface area contributed by atoms with Crippen molar-refractivity contribution in [2.24, 2.45) is 0 Å². The van der Waals surface area contributed by atoms with Crippen molar-refractivity contribution in [2.75, 3.05) is 12.3 Å². The fourth-order valence-corrected chi connectivity index (χ4v) is 1.06. The Morgan fingerprint density at radius 3 is 3.13 bits per heavy atom. The van der Waals surface area contributed by atoms with E-state index in [4.69, 9.17) is 15.0 Å². The highest BCUT2D eigenvalue weighted by Gasteiger charge is 2.10. The van der Waals surface area contributed by atoms with Gasteiger partial charge in [0.1, 0.15) is 18.1 Å². The molecule has 7 nitrogen and oxygen atoms in total. The first-order valence-corrected chi connectivity index (χ1v) is 4.51. The van der Waals surface area contributed by atoms with Crippen LogP contribution >= 0.6 is 0 Å². The van der Waals surface area contributed by atoms with E-state index in [2.05, 4.69) is 20.3 Å². The van der Waals surface area contributed by atoms with E-state index in [-0.39, 0.29) is 0 Å². The third-order valence-corrected chi connectivity index (χ3v) is 1.73. The first-order valence-electron chi connectivity index (χ1n) is 4.51. The van der Waals surface area contributed by atoms with Crippen LogP contribution in [0.4, 0.5) is 5.82 Å². The lowest BCUT2D eigenvalue weighted by atomic mass is 10.4. The maximum Gasteiger partial charge on any atom is 0.276 e. The highest BCUT2D eigenvalue weighted by Crippen LogP contribution is 2.15. The fraction of sp³-hybridized carbons (Fsp3) is 0.375. The third kappa shape index (κ3) is 2.13. The monoisotopic (exact) mass is 209 g/mol. The number of nitrogens with one attached hydrogen (secondary N) is 1. The number of nitrogens with zero attached hydrogens (tertiary/aromatic N) is 3. The second kappa shape index (κ2) is 4.09. The van der Waals surface area contributed by atoms with Gasteiger partial charge < -0.3 is 15.0 Å². The molecule has 0 fully saturated rings. The predicted molar refractivity (Wildman–Crippen MR) is 51.6 cm³/mol. The van der Waals surface area contributed by atoms with Crippen molar-refractivity contribution in [3.8, 4) is 11.6 Å². The standard InChI is InChI=1S/C8H11N5O2/c1-2-14-4-7-10-8(15-13-7)5-3-6(9)12-11-5/h3H,2,4H2,1H3,(H3,9,11,12). The normalized spacial score (nSPS) is 10.7. The van der Waals surface area contributed by atoms with Gasteiger partial charge in [-0.2, -0.15) is 10.1 Å². The summed E-state index contributed by atoms with van der Waals surface area (Å²) in [7, 11) is 0. The summed E-state index contributed by atoms with van der Waals surface area (Å²) in [6.07, 6.45) is 0. The number of aromatic nitrogens is 4. The second-order valence-corrected chi connectivity index (χ2v) is 2.86. The number of hydrogen-bond donors (Lipinski definition) is 2. The van der Waals surface area contributed by atoms with Crippen LogP contribution in [0.3, 0.4) is 0 Å². The molecule has 0 aliphatic rings. The molecule has 2 rings (SSSR count). The number of anilines is 1. The van der Waals surface area contributed by atoms with Crippen molar-refractivity contribution in [1.82, 2.24) is 20.3 Å². The second-order valence-electron chi connectivity index (χ2n) is 2.86. The number of aromatic amines is 1. The summed E-state index contributed by atoms with van der Waals surface area (Å²) in [4.78, 5) is 4.10. The van der Waals surface area contributed by atoms with Gasteiger partial charge in [-0.1, -0.05) is 5.16 Å². The van der Waals surface area contributed by atoms with Crippen LogP contribution in [0.1, 0.15) is 12.7 Å². The highest BCUT2D eigenvalue weighted by molar-refractivity contribution is 5.51. The van der Waals surface area contributed by atoms with Gasteiger partial charge in [0.25, 0.3) is 5.89 Å². The lowest BCUT2D eigenvalue weighted by Crippen LogP contribution is -1.93. The van der Waals surface area contributed by atoms with Crippen LogP contribution in [0.25, 0.3) is 11.6 Å². The van der Waals surface area contributed by atoms with Gasteiger partial charge in [-0.15, -0.1) is 0 Å². The van der Waals surface area contributed by atoms with E-state index in [1.807, 2.05) is 6.92 Å². The topological polar surface area (TPSA) is 103 Å². The smallest absolute Gasteiger partial charge is 0.276 e. The van der Waals surface area contributed by atoms with Crippen LogP contribution in [0.2, 0.25) is 0 Å². The van der Waals surface area contributed by atoms with Gasteiger partial charge in [-0.05, 0) is 6.92 Å². The van der Waals surface area contributed by atoms with Gasteiger partial charge in [-0.3, -0.25) is 5.10 Å². The number of nitrogen functional groups attached to an aromatic ring is 1. The molecule has 0 aromatic carbocycles. The molecule has 80 valence electrons. The molecule has 0 aliphatic heterocycles. The first-order chi connectivity index (χ1) is 7.29. The Morgan fingerprint density at radius 2 is 2.47 bits per heavy atom. The van der Waals surface area contributed by atoms with E-state index in [0.717, 1.165) is 0 Å². The molecule has 0 saturated heterocycles. The largest absolute Gasteiger partial charge is 0.382 e. The Hall–Kier alpha value is -1.89. The first kappa shape index (κ1) is 9.66. The number of H-pyrrole nitrogens is 1. The lowest BCUT2D eigenvalue weighted by molar-refractivity contribution is 0.126. The third-order valence-electron chi connectivity index (χ3n) is 1.73. The minimum absolute atomic E-state index is 0.337. The summed E-state index contributed by atoms with van der Waals surface area (Å²) >= 11 is 0. The molecule has 2 aromatic rings. The molecule has 2 aromatic heterocycles. The zero-order valence-electron chi connectivity index (χ0n) is 8.23. The Morgan fingerprint density at radius 1 is 1.60 bits per heavy atom. The van der Waals surface area contributed by atoms with E-state index >= 15 is 0 Å². The average Bonchev–Trinajstić information content (AvgIpc) is 2.83. The SMILES string of the molecule is CCOCc1noc(-c2cc(N)n[nH]2)n1. The molecule has 0 atom stereocenters. The Labute approximate surface area is 85.6 Å². The Kier molecular flexibility index (Phi) is 2.64. The van der Waals surface area contributed by atoms with Gasteiger partial charge in [0.05, 0.1) is 0 Å². The zero-order valence-corrected chi connectivity index (χ0v) is 8.23. The van der Waals surface area contributed by atoms with Gasteiger partial charge in [0.15, 0.2) is 5.82 Å². The van der Waals surface area contributed by atoms with Crippen LogP contribution in [0.5, 0.6) is 0 Å². The molecule has 7 heteroatoms. The molecule has 0 bridgehead atoms.